The zero-order valence-electron chi connectivity index (χ0n) is 16.2. The van der Waals surface area contributed by atoms with Gasteiger partial charge in [0, 0.05) is 21.5 Å². The van der Waals surface area contributed by atoms with E-state index in [-0.39, 0.29) is 12.6 Å². The number of halogens is 3. The topological polar surface area (TPSA) is 64.1 Å². The first kappa shape index (κ1) is 21.1. The average molecular weight is 464 g/mol. The van der Waals surface area contributed by atoms with Crippen LogP contribution in [0.2, 0.25) is 0 Å². The lowest BCUT2D eigenvalue weighted by atomic mass is 10.0. The van der Waals surface area contributed by atoms with Crippen LogP contribution in [0, 0.1) is 6.92 Å². The van der Waals surface area contributed by atoms with E-state index in [9.17, 15) is 13.6 Å². The smallest absolute Gasteiger partial charge is 0.381 e. The second-order valence-corrected chi connectivity index (χ2v) is 7.48. The van der Waals surface area contributed by atoms with E-state index < -0.39 is 17.5 Å². The highest BCUT2D eigenvalue weighted by molar-refractivity contribution is 9.10. The van der Waals surface area contributed by atoms with Crippen molar-refractivity contribution in [2.45, 2.75) is 32.7 Å². The van der Waals surface area contributed by atoms with Gasteiger partial charge in [0.05, 0.1) is 12.1 Å². The van der Waals surface area contributed by atoms with E-state index in [1.165, 1.54) is 25.1 Å². The molecule has 0 aliphatic carbocycles. The average Bonchev–Trinajstić information content (AvgIpc) is 2.68. The van der Waals surface area contributed by atoms with Crippen LogP contribution in [0.15, 0.2) is 46.9 Å². The van der Waals surface area contributed by atoms with Gasteiger partial charge in [-0.2, -0.15) is 8.78 Å². The summed E-state index contributed by atoms with van der Waals surface area (Å²) in [4.78, 5) is 20.5. The number of anilines is 1. The molecular weight excluding hydrogens is 444 g/mol. The van der Waals surface area contributed by atoms with Crippen molar-refractivity contribution < 1.29 is 18.3 Å². The first-order valence-corrected chi connectivity index (χ1v) is 9.87. The van der Waals surface area contributed by atoms with Crippen LogP contribution in [0.5, 0.6) is 0 Å². The summed E-state index contributed by atoms with van der Waals surface area (Å²) < 4.78 is 34.2. The molecule has 1 atom stereocenters. The number of nitrogens with zero attached hydrogens (tertiary/aromatic N) is 2. The molecular formula is C21H20BrF2N3O2. The van der Waals surface area contributed by atoms with Crippen molar-refractivity contribution in [1.29, 1.82) is 0 Å². The molecule has 0 fully saturated rings. The maximum Gasteiger partial charge on any atom is 0.381 e. The Balaban J connectivity index is 1.93. The molecule has 0 unspecified atom stereocenters. The molecule has 29 heavy (non-hydrogen) atoms. The molecule has 0 saturated carbocycles. The number of alkyl halides is 2. The maximum absolute atomic E-state index is 14.4. The van der Waals surface area contributed by atoms with Gasteiger partial charge in [0.1, 0.15) is 11.6 Å². The molecule has 1 aromatic heterocycles. The molecule has 0 spiro atoms. The quantitative estimate of drug-likeness (QED) is 0.486. The standard InChI is InChI=1S/C21H20BrF2N3O2/c1-4-29-20(28)21(23,24)15-7-5-6-14(10-15)12(2)25-19-17-11-16(22)8-9-18(17)26-13(3)27-19/h5-12H,4H2,1-3H3,(H,25,26,27)/t12-/m1/s1. The Morgan fingerprint density at radius 3 is 2.72 bits per heavy atom. The highest BCUT2D eigenvalue weighted by Gasteiger charge is 2.42. The maximum atomic E-state index is 14.4. The number of carbonyl (C=O) groups is 1. The van der Waals surface area contributed by atoms with E-state index in [4.69, 9.17) is 0 Å². The number of fused-ring (bicyclic) bond motifs is 1. The monoisotopic (exact) mass is 463 g/mol. The number of ether oxygens (including phenoxy) is 1. The van der Waals surface area contributed by atoms with Crippen molar-refractivity contribution in [3.8, 4) is 0 Å². The van der Waals surface area contributed by atoms with E-state index in [1.54, 1.807) is 13.0 Å². The van der Waals surface area contributed by atoms with Crippen LogP contribution in [0.3, 0.4) is 0 Å². The number of hydrogen-bond acceptors (Lipinski definition) is 5. The highest BCUT2D eigenvalue weighted by atomic mass is 79.9. The molecule has 0 saturated heterocycles. The minimum atomic E-state index is -3.71. The van der Waals surface area contributed by atoms with Crippen LogP contribution >= 0.6 is 15.9 Å². The summed E-state index contributed by atoms with van der Waals surface area (Å²) in [7, 11) is 0. The molecule has 0 bridgehead atoms. The van der Waals surface area contributed by atoms with Crippen molar-refractivity contribution in [3.05, 3.63) is 63.9 Å². The summed E-state index contributed by atoms with van der Waals surface area (Å²) in [5.74, 6) is -4.07. The summed E-state index contributed by atoms with van der Waals surface area (Å²) in [6, 6.07) is 11.1. The molecule has 0 aliphatic rings. The van der Waals surface area contributed by atoms with Crippen molar-refractivity contribution in [3.63, 3.8) is 0 Å². The molecule has 1 N–H and O–H groups in total. The van der Waals surface area contributed by atoms with Gasteiger partial charge in [-0.3, -0.25) is 0 Å². The third-order valence-corrected chi connectivity index (χ3v) is 4.90. The molecule has 3 rings (SSSR count). The summed E-state index contributed by atoms with van der Waals surface area (Å²) in [6.45, 7) is 5.01. The SMILES string of the molecule is CCOC(=O)C(F)(F)c1cccc([C@@H](C)Nc2nc(C)nc3ccc(Br)cc23)c1. The number of benzene rings is 2. The molecule has 0 radical (unpaired) electrons. The Morgan fingerprint density at radius 1 is 1.24 bits per heavy atom. The van der Waals surface area contributed by atoms with Crippen molar-refractivity contribution in [1.82, 2.24) is 9.97 Å². The highest BCUT2D eigenvalue weighted by Crippen LogP contribution is 2.32. The molecule has 8 heteroatoms. The number of nitrogens with one attached hydrogen (secondary N) is 1. The van der Waals surface area contributed by atoms with Gasteiger partial charge in [-0.1, -0.05) is 34.1 Å². The van der Waals surface area contributed by atoms with Crippen molar-refractivity contribution >= 4 is 38.6 Å². The number of rotatable bonds is 6. The van der Waals surface area contributed by atoms with E-state index in [2.05, 4.69) is 36.0 Å². The molecule has 3 aromatic rings. The van der Waals surface area contributed by atoms with Gasteiger partial charge in [-0.25, -0.2) is 14.8 Å². The first-order valence-electron chi connectivity index (χ1n) is 9.08. The largest absolute Gasteiger partial charge is 0.461 e. The Kier molecular flexibility index (Phi) is 6.12. The predicted octanol–water partition coefficient (Wildman–Crippen LogP) is 5.53. The lowest BCUT2D eigenvalue weighted by Crippen LogP contribution is -2.28. The fourth-order valence-corrected chi connectivity index (χ4v) is 3.32. The normalized spacial score (nSPS) is 12.6. The van der Waals surface area contributed by atoms with Crippen LogP contribution in [-0.4, -0.2) is 22.5 Å². The Labute approximate surface area is 175 Å². The fourth-order valence-electron chi connectivity index (χ4n) is 2.96. The lowest BCUT2D eigenvalue weighted by Gasteiger charge is -2.20. The number of aryl methyl sites for hydroxylation is 1. The molecule has 1 heterocycles. The van der Waals surface area contributed by atoms with Gasteiger partial charge in [0.25, 0.3) is 0 Å². The minimum absolute atomic E-state index is 0.109. The first-order chi connectivity index (χ1) is 13.7. The number of hydrogen-bond donors (Lipinski definition) is 1. The number of carbonyl (C=O) groups excluding carboxylic acids is 1. The zero-order valence-corrected chi connectivity index (χ0v) is 17.8. The Morgan fingerprint density at radius 2 is 2.00 bits per heavy atom. The van der Waals surface area contributed by atoms with Crippen molar-refractivity contribution in [2.75, 3.05) is 11.9 Å². The lowest BCUT2D eigenvalue weighted by molar-refractivity contribution is -0.173. The summed E-state index contributed by atoms with van der Waals surface area (Å²) >= 11 is 3.44. The van der Waals surface area contributed by atoms with Crippen molar-refractivity contribution in [2.24, 2.45) is 0 Å². The molecule has 0 amide bonds. The second-order valence-electron chi connectivity index (χ2n) is 6.57. The third kappa shape index (κ3) is 4.53. The second kappa shape index (κ2) is 8.41. The van der Waals surface area contributed by atoms with Gasteiger partial charge in [0.2, 0.25) is 0 Å². The fraction of sp³-hybridized carbons (Fsp3) is 0.286. The molecule has 152 valence electrons. The minimum Gasteiger partial charge on any atom is -0.461 e. The summed E-state index contributed by atoms with van der Waals surface area (Å²) in [5, 5.41) is 4.08. The molecule has 5 nitrogen and oxygen atoms in total. The van der Waals surface area contributed by atoms with E-state index in [1.807, 2.05) is 25.1 Å². The van der Waals surface area contributed by atoms with Crippen LogP contribution in [0.4, 0.5) is 14.6 Å². The van der Waals surface area contributed by atoms with E-state index in [0.717, 1.165) is 15.4 Å². The van der Waals surface area contributed by atoms with Crippen LogP contribution in [-0.2, 0) is 15.5 Å². The molecule has 0 aliphatic heterocycles. The third-order valence-electron chi connectivity index (χ3n) is 4.40. The Hall–Kier alpha value is -2.61. The van der Waals surface area contributed by atoms with Crippen LogP contribution < -0.4 is 5.32 Å². The van der Waals surface area contributed by atoms with Gasteiger partial charge in [-0.05, 0) is 50.6 Å². The number of aromatic nitrogens is 2. The zero-order chi connectivity index (χ0) is 21.2. The van der Waals surface area contributed by atoms with Gasteiger partial charge < -0.3 is 10.1 Å². The summed E-state index contributed by atoms with van der Waals surface area (Å²) in [5.41, 5.74) is 0.956. The molecule has 2 aromatic carbocycles. The van der Waals surface area contributed by atoms with Gasteiger partial charge in [0.15, 0.2) is 0 Å². The van der Waals surface area contributed by atoms with E-state index in [0.29, 0.717) is 17.2 Å². The van der Waals surface area contributed by atoms with Crippen LogP contribution in [0.25, 0.3) is 10.9 Å². The van der Waals surface area contributed by atoms with E-state index >= 15 is 0 Å². The van der Waals surface area contributed by atoms with Gasteiger partial charge >= 0.3 is 11.9 Å². The van der Waals surface area contributed by atoms with Crippen LogP contribution in [0.1, 0.15) is 36.8 Å². The Bertz CT molecular complexity index is 1060. The van der Waals surface area contributed by atoms with Gasteiger partial charge in [-0.15, -0.1) is 0 Å². The predicted molar refractivity (Wildman–Crippen MR) is 111 cm³/mol. The summed E-state index contributed by atoms with van der Waals surface area (Å²) in [6.07, 6.45) is 0. The number of esters is 1.